The number of ketones is 1. The summed E-state index contributed by atoms with van der Waals surface area (Å²) in [5.74, 6) is -0.249. The van der Waals surface area contributed by atoms with Crippen LogP contribution < -0.4 is 0 Å². The molecule has 1 saturated carbocycles. The van der Waals surface area contributed by atoms with Gasteiger partial charge >= 0.3 is 5.97 Å². The molecule has 6 heteroatoms. The zero-order chi connectivity index (χ0) is 18.6. The van der Waals surface area contributed by atoms with Crippen molar-refractivity contribution in [2.75, 3.05) is 6.61 Å². The van der Waals surface area contributed by atoms with Gasteiger partial charge in [-0.2, -0.15) is 5.10 Å². The molecule has 2 atom stereocenters. The van der Waals surface area contributed by atoms with Gasteiger partial charge in [0.2, 0.25) is 0 Å². The molecule has 3 rings (SSSR count). The van der Waals surface area contributed by atoms with Crippen LogP contribution in [0.3, 0.4) is 0 Å². The Morgan fingerprint density at radius 2 is 2.12 bits per heavy atom. The Labute approximate surface area is 147 Å². The number of hydrogen-bond donors (Lipinski definition) is 1. The van der Waals surface area contributed by atoms with Crippen LogP contribution in [-0.2, 0) is 28.4 Å². The monoisotopic (exact) mass is 346 g/mol. The quantitative estimate of drug-likeness (QED) is 0.506. The van der Waals surface area contributed by atoms with Crippen LogP contribution in [0.5, 0.6) is 0 Å². The maximum absolute atomic E-state index is 12.7. The number of aliphatic hydroxyl groups is 1. The summed E-state index contributed by atoms with van der Waals surface area (Å²) >= 11 is 0. The highest BCUT2D eigenvalue weighted by molar-refractivity contribution is 6.01. The molecule has 2 unspecified atom stereocenters. The van der Waals surface area contributed by atoms with Gasteiger partial charge in [-0.1, -0.05) is 20.8 Å². The smallest absolute Gasteiger partial charge is 0.356 e. The van der Waals surface area contributed by atoms with E-state index in [1.54, 1.807) is 18.7 Å². The number of rotatable bonds is 2. The third-order valence-corrected chi connectivity index (χ3v) is 6.07. The standard InChI is InChI=1S/C19H26N2O4/c1-6-25-17(24)14-12-7-8-13-18(2,3)16(23)11(10-22)9-19(13,4)15(12)20-21(14)5/h10,13,22H,6-9H2,1-5H3/b11-10-. The highest BCUT2D eigenvalue weighted by atomic mass is 16.5. The number of Topliss-reactive ketones (excluding diaryl/α,β-unsaturated/α-hetero) is 1. The average Bonchev–Trinajstić information content (AvgIpc) is 2.89. The second-order valence-electron chi connectivity index (χ2n) is 7.91. The van der Waals surface area contributed by atoms with Gasteiger partial charge in [0.1, 0.15) is 5.69 Å². The maximum Gasteiger partial charge on any atom is 0.356 e. The van der Waals surface area contributed by atoms with E-state index in [0.29, 0.717) is 30.7 Å². The van der Waals surface area contributed by atoms with Crippen molar-refractivity contribution < 1.29 is 19.4 Å². The fraction of sp³-hybridized carbons (Fsp3) is 0.632. The highest BCUT2D eigenvalue weighted by Gasteiger charge is 2.57. The van der Waals surface area contributed by atoms with Crippen LogP contribution in [0, 0.1) is 11.3 Å². The molecule has 2 aliphatic rings. The number of esters is 1. The largest absolute Gasteiger partial charge is 0.515 e. The molecule has 0 spiro atoms. The number of carbonyl (C=O) groups excluding carboxylic acids is 2. The topological polar surface area (TPSA) is 81.4 Å². The summed E-state index contributed by atoms with van der Waals surface area (Å²) in [6.45, 7) is 8.08. The number of nitrogens with zero attached hydrogens (tertiary/aromatic N) is 2. The number of aliphatic hydroxyl groups excluding tert-OH is 1. The van der Waals surface area contributed by atoms with Crippen LogP contribution >= 0.6 is 0 Å². The number of fused-ring (bicyclic) bond motifs is 3. The Morgan fingerprint density at radius 1 is 1.44 bits per heavy atom. The molecule has 0 bridgehead atoms. The highest BCUT2D eigenvalue weighted by Crippen LogP contribution is 2.57. The Kier molecular flexibility index (Phi) is 4.05. The molecule has 0 saturated heterocycles. The molecule has 1 fully saturated rings. The van der Waals surface area contributed by atoms with Gasteiger partial charge in [-0.3, -0.25) is 9.48 Å². The van der Waals surface area contributed by atoms with E-state index in [1.165, 1.54) is 0 Å². The van der Waals surface area contributed by atoms with Crippen LogP contribution in [0.25, 0.3) is 0 Å². The van der Waals surface area contributed by atoms with E-state index in [2.05, 4.69) is 12.0 Å². The lowest BCUT2D eigenvalue weighted by Gasteiger charge is -2.52. The van der Waals surface area contributed by atoms with Gasteiger partial charge in [0.25, 0.3) is 0 Å². The zero-order valence-corrected chi connectivity index (χ0v) is 15.5. The Morgan fingerprint density at radius 3 is 2.72 bits per heavy atom. The number of hydrogen-bond acceptors (Lipinski definition) is 5. The summed E-state index contributed by atoms with van der Waals surface area (Å²) in [7, 11) is 1.75. The van der Waals surface area contributed by atoms with Gasteiger partial charge in [-0.25, -0.2) is 4.79 Å². The van der Waals surface area contributed by atoms with E-state index in [-0.39, 0.29) is 17.7 Å². The first-order valence-corrected chi connectivity index (χ1v) is 8.80. The van der Waals surface area contributed by atoms with Crippen LogP contribution in [0.2, 0.25) is 0 Å². The van der Waals surface area contributed by atoms with E-state index >= 15 is 0 Å². The lowest BCUT2D eigenvalue weighted by Crippen LogP contribution is -2.53. The van der Waals surface area contributed by atoms with Crippen LogP contribution in [-0.4, -0.2) is 33.2 Å². The van der Waals surface area contributed by atoms with Crippen molar-refractivity contribution in [2.45, 2.75) is 52.4 Å². The summed E-state index contributed by atoms with van der Waals surface area (Å²) in [6, 6.07) is 0. The van der Waals surface area contributed by atoms with Crippen molar-refractivity contribution in [3.63, 3.8) is 0 Å². The molecule has 1 aromatic rings. The van der Waals surface area contributed by atoms with Crippen molar-refractivity contribution in [3.8, 4) is 0 Å². The summed E-state index contributed by atoms with van der Waals surface area (Å²) in [5, 5.41) is 14.2. The van der Waals surface area contributed by atoms with E-state index in [1.807, 2.05) is 13.8 Å². The zero-order valence-electron chi connectivity index (χ0n) is 15.5. The van der Waals surface area contributed by atoms with Crippen molar-refractivity contribution in [3.05, 3.63) is 28.8 Å². The second-order valence-corrected chi connectivity index (χ2v) is 7.91. The minimum atomic E-state index is -0.582. The third-order valence-electron chi connectivity index (χ3n) is 6.07. The number of aryl methyl sites for hydroxylation is 1. The first-order valence-electron chi connectivity index (χ1n) is 8.80. The first kappa shape index (κ1) is 17.7. The summed E-state index contributed by atoms with van der Waals surface area (Å²) in [5.41, 5.74) is 1.72. The first-order chi connectivity index (χ1) is 11.7. The van der Waals surface area contributed by atoms with E-state index in [0.717, 1.165) is 23.9 Å². The molecule has 25 heavy (non-hydrogen) atoms. The summed E-state index contributed by atoms with van der Waals surface area (Å²) in [6.07, 6.45) is 2.88. The van der Waals surface area contributed by atoms with Crippen molar-refractivity contribution >= 4 is 11.8 Å². The number of allylic oxidation sites excluding steroid dienone is 1. The fourth-order valence-corrected chi connectivity index (χ4v) is 5.01. The van der Waals surface area contributed by atoms with Crippen LogP contribution in [0.4, 0.5) is 0 Å². The molecule has 0 radical (unpaired) electrons. The number of aromatic nitrogens is 2. The van der Waals surface area contributed by atoms with Crippen LogP contribution in [0.15, 0.2) is 11.8 Å². The fourth-order valence-electron chi connectivity index (χ4n) is 5.01. The van der Waals surface area contributed by atoms with Gasteiger partial charge in [0.15, 0.2) is 5.78 Å². The Hall–Kier alpha value is -2.11. The molecule has 0 aliphatic heterocycles. The van der Waals surface area contributed by atoms with Crippen molar-refractivity contribution in [2.24, 2.45) is 18.4 Å². The molecular formula is C19H26N2O4. The Balaban J connectivity index is 2.16. The average molecular weight is 346 g/mol. The van der Waals surface area contributed by atoms with E-state index in [9.17, 15) is 14.7 Å². The predicted molar refractivity (Wildman–Crippen MR) is 92.4 cm³/mol. The maximum atomic E-state index is 12.7. The lowest BCUT2D eigenvalue weighted by atomic mass is 9.50. The van der Waals surface area contributed by atoms with E-state index < -0.39 is 10.8 Å². The molecule has 0 amide bonds. The molecule has 0 aromatic carbocycles. The summed E-state index contributed by atoms with van der Waals surface area (Å²) < 4.78 is 6.80. The minimum Gasteiger partial charge on any atom is -0.515 e. The Bertz CT molecular complexity index is 775. The SMILES string of the molecule is CCOC(=O)c1c2c(nn1C)C1(C)C/C(=C/O)C(=O)C(C)(C)C1CC2. The minimum absolute atomic E-state index is 0.00229. The molecule has 1 N–H and O–H groups in total. The molecule has 1 heterocycles. The lowest BCUT2D eigenvalue weighted by molar-refractivity contribution is -0.131. The van der Waals surface area contributed by atoms with Gasteiger partial charge in [0.05, 0.1) is 18.6 Å². The molecule has 2 aliphatic carbocycles. The summed E-state index contributed by atoms with van der Waals surface area (Å²) in [4.78, 5) is 25.1. The molecular weight excluding hydrogens is 320 g/mol. The van der Waals surface area contributed by atoms with Crippen molar-refractivity contribution in [1.29, 1.82) is 0 Å². The molecule has 1 aromatic heterocycles. The van der Waals surface area contributed by atoms with Gasteiger partial charge < -0.3 is 9.84 Å². The molecule has 6 nitrogen and oxygen atoms in total. The van der Waals surface area contributed by atoms with E-state index in [4.69, 9.17) is 4.74 Å². The number of ether oxygens (including phenoxy) is 1. The van der Waals surface area contributed by atoms with Gasteiger partial charge in [-0.15, -0.1) is 0 Å². The number of carbonyl (C=O) groups is 2. The predicted octanol–water partition coefficient (Wildman–Crippen LogP) is 2.86. The van der Waals surface area contributed by atoms with Gasteiger partial charge in [-0.05, 0) is 32.1 Å². The second kappa shape index (κ2) is 5.71. The van der Waals surface area contributed by atoms with Gasteiger partial charge in [0, 0.05) is 29.0 Å². The molecule has 136 valence electrons. The third kappa shape index (κ3) is 2.34. The van der Waals surface area contributed by atoms with Crippen molar-refractivity contribution in [1.82, 2.24) is 9.78 Å². The normalized spacial score (nSPS) is 29.2. The van der Waals surface area contributed by atoms with Crippen LogP contribution in [0.1, 0.15) is 62.3 Å².